The maximum Gasteiger partial charge on any atom is 0.301 e. The summed E-state index contributed by atoms with van der Waals surface area (Å²) < 4.78 is 16.1. The monoisotopic (exact) mass is 434 g/mol. The van der Waals surface area contributed by atoms with Gasteiger partial charge in [0.1, 0.15) is 17.6 Å². The van der Waals surface area contributed by atoms with Crippen molar-refractivity contribution in [3.63, 3.8) is 0 Å². The van der Waals surface area contributed by atoms with E-state index in [-0.39, 0.29) is 17.2 Å². The Hall–Kier alpha value is -4.07. The van der Waals surface area contributed by atoms with Crippen molar-refractivity contribution in [3.8, 4) is 11.5 Å². The lowest BCUT2D eigenvalue weighted by molar-refractivity contribution is -0.132. The number of rotatable bonds is 5. The number of aliphatic hydroxyl groups excluding tert-OH is 1. The van der Waals surface area contributed by atoms with E-state index >= 15 is 0 Å². The molecule has 1 amide bonds. The van der Waals surface area contributed by atoms with Crippen LogP contribution < -0.4 is 14.4 Å². The minimum absolute atomic E-state index is 0.0777. The van der Waals surface area contributed by atoms with Gasteiger partial charge in [0.25, 0.3) is 5.78 Å². The molecule has 2 heterocycles. The molecule has 1 unspecified atom stereocenters. The average Bonchev–Trinajstić information content (AvgIpc) is 3.33. The maximum atomic E-state index is 13.2. The van der Waals surface area contributed by atoms with Crippen LogP contribution in [0.1, 0.15) is 28.5 Å². The van der Waals surface area contributed by atoms with Gasteiger partial charge in [-0.3, -0.25) is 14.5 Å². The molecule has 0 aliphatic carbocycles. The number of anilines is 1. The van der Waals surface area contributed by atoms with Crippen LogP contribution in [0, 0.1) is 13.8 Å². The highest BCUT2D eigenvalue weighted by atomic mass is 16.5. The molecular weight excluding hydrogens is 412 g/mol. The van der Waals surface area contributed by atoms with Crippen molar-refractivity contribution in [2.75, 3.05) is 19.1 Å². The molecule has 8 heteroatoms. The first-order chi connectivity index (χ1) is 15.4. The number of ketones is 1. The van der Waals surface area contributed by atoms with Crippen LogP contribution in [0.3, 0.4) is 0 Å². The molecule has 4 rings (SSSR count). The zero-order chi connectivity index (χ0) is 23.0. The highest BCUT2D eigenvalue weighted by Crippen LogP contribution is 2.46. The first-order valence-electron chi connectivity index (χ1n) is 9.89. The summed E-state index contributed by atoms with van der Waals surface area (Å²) in [6.45, 7) is 3.59. The molecule has 8 nitrogen and oxygen atoms in total. The summed E-state index contributed by atoms with van der Waals surface area (Å²) in [4.78, 5) is 27.5. The van der Waals surface area contributed by atoms with Gasteiger partial charge in [-0.25, -0.2) is 0 Å². The number of aliphatic hydroxyl groups is 1. The van der Waals surface area contributed by atoms with Gasteiger partial charge in [-0.15, -0.1) is 0 Å². The summed E-state index contributed by atoms with van der Waals surface area (Å²) in [6.07, 6.45) is 0. The number of nitrogens with zero attached hydrogens (tertiary/aromatic N) is 2. The van der Waals surface area contributed by atoms with E-state index in [2.05, 4.69) is 5.16 Å². The molecule has 0 radical (unpaired) electrons. The van der Waals surface area contributed by atoms with Crippen molar-refractivity contribution < 1.29 is 28.7 Å². The number of carbonyl (C=O) groups is 2. The third kappa shape index (κ3) is 3.39. The van der Waals surface area contributed by atoms with Crippen LogP contribution >= 0.6 is 0 Å². The van der Waals surface area contributed by atoms with E-state index in [0.717, 1.165) is 5.56 Å². The molecule has 1 fully saturated rings. The van der Waals surface area contributed by atoms with E-state index in [1.54, 1.807) is 43.3 Å². The van der Waals surface area contributed by atoms with Gasteiger partial charge in [0.05, 0.1) is 19.8 Å². The van der Waals surface area contributed by atoms with Crippen LogP contribution in [-0.4, -0.2) is 36.2 Å². The summed E-state index contributed by atoms with van der Waals surface area (Å²) in [6, 6.07) is 12.7. The Morgan fingerprint density at radius 2 is 1.78 bits per heavy atom. The summed E-state index contributed by atoms with van der Waals surface area (Å²) >= 11 is 0. The maximum absolute atomic E-state index is 13.2. The number of methoxy groups -OCH3 is 2. The molecule has 1 saturated heterocycles. The van der Waals surface area contributed by atoms with Crippen LogP contribution in [0.2, 0.25) is 0 Å². The Labute approximate surface area is 184 Å². The van der Waals surface area contributed by atoms with E-state index in [4.69, 9.17) is 14.0 Å². The van der Waals surface area contributed by atoms with E-state index in [1.165, 1.54) is 19.1 Å². The highest BCUT2D eigenvalue weighted by Gasteiger charge is 2.49. The largest absolute Gasteiger partial charge is 0.507 e. The second-order valence-corrected chi connectivity index (χ2v) is 7.41. The second-order valence-electron chi connectivity index (χ2n) is 7.41. The molecule has 1 aliphatic heterocycles. The Morgan fingerprint density at radius 3 is 2.38 bits per heavy atom. The molecule has 1 aromatic heterocycles. The third-order valence-corrected chi connectivity index (χ3v) is 5.36. The van der Waals surface area contributed by atoms with Crippen LogP contribution in [0.4, 0.5) is 5.82 Å². The molecule has 164 valence electrons. The topological polar surface area (TPSA) is 102 Å². The van der Waals surface area contributed by atoms with Gasteiger partial charge < -0.3 is 19.1 Å². The first kappa shape index (κ1) is 21.2. The molecule has 1 N–H and O–H groups in total. The normalized spacial score (nSPS) is 17.6. The van der Waals surface area contributed by atoms with E-state index in [1.807, 2.05) is 19.1 Å². The summed E-state index contributed by atoms with van der Waals surface area (Å²) in [7, 11) is 2.96. The van der Waals surface area contributed by atoms with Crippen molar-refractivity contribution in [1.82, 2.24) is 5.16 Å². The second kappa shape index (κ2) is 8.22. The zero-order valence-electron chi connectivity index (χ0n) is 18.1. The quantitative estimate of drug-likeness (QED) is 0.369. The number of hydrogen-bond donors (Lipinski definition) is 1. The van der Waals surface area contributed by atoms with Gasteiger partial charge in [-0.2, -0.15) is 0 Å². The number of carbonyl (C=O) groups excluding carboxylic acids is 2. The molecule has 0 bridgehead atoms. The minimum Gasteiger partial charge on any atom is -0.507 e. The van der Waals surface area contributed by atoms with Crippen molar-refractivity contribution in [2.45, 2.75) is 19.9 Å². The van der Waals surface area contributed by atoms with Crippen LogP contribution in [0.5, 0.6) is 11.5 Å². The van der Waals surface area contributed by atoms with Gasteiger partial charge in [0.2, 0.25) is 0 Å². The molecule has 0 saturated carbocycles. The van der Waals surface area contributed by atoms with Crippen LogP contribution in [0.15, 0.2) is 58.6 Å². The van der Waals surface area contributed by atoms with Crippen molar-refractivity contribution in [2.24, 2.45) is 0 Å². The Kier molecular flexibility index (Phi) is 5.44. The van der Waals surface area contributed by atoms with E-state index < -0.39 is 17.7 Å². The van der Waals surface area contributed by atoms with Crippen molar-refractivity contribution >= 4 is 23.3 Å². The number of para-hydroxylation sites is 1. The number of Topliss-reactive ketones (excluding diaryl/α,β-unsaturated/α-hetero) is 1. The lowest BCUT2D eigenvalue weighted by Gasteiger charge is -2.25. The standard InChI is InChI=1S/C24H22N2O6/c1-13-8-10-15(11-9-13)21(27)19-20(16-6-5-7-17(30-3)23(16)31-4)26(24(29)22(19)28)18-12-14(2)32-25-18/h5-12,20,27H,1-4H3. The fourth-order valence-corrected chi connectivity index (χ4v) is 3.82. The van der Waals surface area contributed by atoms with Gasteiger partial charge in [0.15, 0.2) is 17.3 Å². The predicted molar refractivity (Wildman–Crippen MR) is 117 cm³/mol. The lowest BCUT2D eigenvalue weighted by Crippen LogP contribution is -2.30. The Morgan fingerprint density at radius 1 is 1.06 bits per heavy atom. The summed E-state index contributed by atoms with van der Waals surface area (Å²) in [5, 5.41) is 15.1. The fraction of sp³-hybridized carbons (Fsp3) is 0.208. The zero-order valence-corrected chi connectivity index (χ0v) is 18.1. The Bertz CT molecular complexity index is 1230. The average molecular weight is 434 g/mol. The lowest BCUT2D eigenvalue weighted by atomic mass is 9.94. The first-order valence-corrected chi connectivity index (χ1v) is 9.89. The smallest absolute Gasteiger partial charge is 0.301 e. The number of aryl methyl sites for hydroxylation is 2. The number of benzene rings is 2. The van der Waals surface area contributed by atoms with Gasteiger partial charge in [-0.05, 0) is 19.9 Å². The summed E-state index contributed by atoms with van der Waals surface area (Å²) in [5.74, 6) is -0.579. The van der Waals surface area contributed by atoms with Crippen molar-refractivity contribution in [1.29, 1.82) is 0 Å². The third-order valence-electron chi connectivity index (χ3n) is 5.36. The molecule has 1 aliphatic rings. The van der Waals surface area contributed by atoms with Gasteiger partial charge in [0, 0.05) is 17.2 Å². The molecular formula is C24H22N2O6. The summed E-state index contributed by atoms with van der Waals surface area (Å²) in [5.41, 5.74) is 1.79. The number of hydrogen-bond acceptors (Lipinski definition) is 7. The number of ether oxygens (including phenoxy) is 2. The van der Waals surface area contributed by atoms with Crippen molar-refractivity contribution in [3.05, 3.63) is 76.6 Å². The molecule has 0 spiro atoms. The van der Waals surface area contributed by atoms with Gasteiger partial charge >= 0.3 is 5.91 Å². The minimum atomic E-state index is -1.01. The predicted octanol–water partition coefficient (Wildman–Crippen LogP) is 3.93. The van der Waals surface area contributed by atoms with Crippen LogP contribution in [0.25, 0.3) is 5.76 Å². The van der Waals surface area contributed by atoms with Gasteiger partial charge in [-0.1, -0.05) is 47.1 Å². The van der Waals surface area contributed by atoms with Crippen LogP contribution in [-0.2, 0) is 9.59 Å². The van der Waals surface area contributed by atoms with E-state index in [0.29, 0.717) is 28.4 Å². The number of aromatic nitrogens is 1. The fourth-order valence-electron chi connectivity index (χ4n) is 3.82. The van der Waals surface area contributed by atoms with E-state index in [9.17, 15) is 14.7 Å². The Balaban J connectivity index is 2.01. The molecule has 3 aromatic rings. The molecule has 32 heavy (non-hydrogen) atoms. The SMILES string of the molecule is COc1cccc(C2C(=C(O)c3ccc(C)cc3)C(=O)C(=O)N2c2cc(C)on2)c1OC. The molecule has 1 atom stereocenters. The highest BCUT2D eigenvalue weighted by molar-refractivity contribution is 6.51. The molecule has 2 aromatic carbocycles. The number of amides is 1.